The molecule has 0 fully saturated rings. The van der Waals surface area contributed by atoms with Crippen molar-refractivity contribution in [2.24, 2.45) is 0 Å². The smallest absolute Gasteiger partial charge is 0.319 e. The fraction of sp³-hybridized carbons (Fsp3) is 0.222. The SMILES string of the molecule is Cc1ccc(C(=O)COC(=O)[C@@H](C)Sc2ccccc2)cc1[N+](=O)[O-]. The molecule has 0 amide bonds. The van der Waals surface area contributed by atoms with Crippen LogP contribution < -0.4 is 0 Å². The van der Waals surface area contributed by atoms with Gasteiger partial charge in [-0.25, -0.2) is 0 Å². The summed E-state index contributed by atoms with van der Waals surface area (Å²) in [5.41, 5.74) is 0.477. The van der Waals surface area contributed by atoms with Crippen LogP contribution in [0.3, 0.4) is 0 Å². The van der Waals surface area contributed by atoms with E-state index in [9.17, 15) is 19.7 Å². The molecule has 0 aliphatic heterocycles. The average molecular weight is 359 g/mol. The minimum absolute atomic E-state index is 0.134. The van der Waals surface area contributed by atoms with Gasteiger partial charge in [0, 0.05) is 22.1 Å². The van der Waals surface area contributed by atoms with Crippen LogP contribution in [0.4, 0.5) is 5.69 Å². The highest BCUT2D eigenvalue weighted by molar-refractivity contribution is 8.00. The van der Waals surface area contributed by atoms with Crippen LogP contribution >= 0.6 is 11.8 Å². The molecule has 2 aromatic carbocycles. The molecule has 0 saturated carbocycles. The number of ether oxygens (including phenoxy) is 1. The molecule has 0 bridgehead atoms. The fourth-order valence-electron chi connectivity index (χ4n) is 2.07. The van der Waals surface area contributed by atoms with Crippen LogP contribution in [0.1, 0.15) is 22.8 Å². The summed E-state index contributed by atoms with van der Waals surface area (Å²) in [6, 6.07) is 13.6. The molecule has 25 heavy (non-hydrogen) atoms. The first-order valence-corrected chi connectivity index (χ1v) is 8.43. The maximum atomic E-state index is 12.1. The Labute approximate surface area is 149 Å². The van der Waals surface area contributed by atoms with Crippen molar-refractivity contribution in [3.8, 4) is 0 Å². The number of nitrogens with zero attached hydrogens (tertiary/aromatic N) is 1. The minimum atomic E-state index is -0.545. The standard InChI is InChI=1S/C18H17NO5S/c1-12-8-9-14(10-16(12)19(22)23)17(20)11-24-18(21)13(2)25-15-6-4-3-5-7-15/h3-10,13H,11H2,1-2H3/t13-/m1/s1. The number of nitro benzene ring substituents is 1. The van der Waals surface area contributed by atoms with Crippen LogP contribution in [0.2, 0.25) is 0 Å². The minimum Gasteiger partial charge on any atom is -0.456 e. The summed E-state index contributed by atoms with van der Waals surface area (Å²) in [6.07, 6.45) is 0. The zero-order valence-corrected chi connectivity index (χ0v) is 14.6. The first kappa shape index (κ1) is 18.7. The molecule has 2 aromatic rings. The van der Waals surface area contributed by atoms with Crippen molar-refractivity contribution in [2.45, 2.75) is 24.0 Å². The molecule has 0 aliphatic rings. The molecule has 1 atom stereocenters. The van der Waals surface area contributed by atoms with E-state index in [4.69, 9.17) is 4.74 Å². The van der Waals surface area contributed by atoms with Crippen LogP contribution in [0.15, 0.2) is 53.4 Å². The molecular weight excluding hydrogens is 342 g/mol. The highest BCUT2D eigenvalue weighted by Crippen LogP contribution is 2.24. The number of hydrogen-bond donors (Lipinski definition) is 0. The van der Waals surface area contributed by atoms with E-state index in [1.165, 1.54) is 30.0 Å². The normalized spacial score (nSPS) is 11.6. The lowest BCUT2D eigenvalue weighted by Gasteiger charge is -2.11. The lowest BCUT2D eigenvalue weighted by Crippen LogP contribution is -2.21. The van der Waals surface area contributed by atoms with Gasteiger partial charge in [0.25, 0.3) is 5.69 Å². The van der Waals surface area contributed by atoms with Gasteiger partial charge < -0.3 is 4.74 Å². The molecule has 0 radical (unpaired) electrons. The monoisotopic (exact) mass is 359 g/mol. The van der Waals surface area contributed by atoms with E-state index >= 15 is 0 Å². The van der Waals surface area contributed by atoms with Crippen molar-refractivity contribution in [3.05, 3.63) is 69.8 Å². The quantitative estimate of drug-likeness (QED) is 0.246. The predicted molar refractivity (Wildman–Crippen MR) is 94.9 cm³/mol. The summed E-state index contributed by atoms with van der Waals surface area (Å²) in [6.45, 7) is 2.84. The number of hydrogen-bond acceptors (Lipinski definition) is 6. The lowest BCUT2D eigenvalue weighted by molar-refractivity contribution is -0.385. The van der Waals surface area contributed by atoms with Gasteiger partial charge in [-0.3, -0.25) is 19.7 Å². The lowest BCUT2D eigenvalue weighted by atomic mass is 10.1. The molecule has 2 rings (SSSR count). The van der Waals surface area contributed by atoms with E-state index in [1.807, 2.05) is 30.3 Å². The Morgan fingerprint density at radius 1 is 1.20 bits per heavy atom. The zero-order valence-electron chi connectivity index (χ0n) is 13.8. The van der Waals surface area contributed by atoms with Crippen molar-refractivity contribution in [2.75, 3.05) is 6.61 Å². The largest absolute Gasteiger partial charge is 0.456 e. The number of benzene rings is 2. The van der Waals surface area contributed by atoms with Gasteiger partial charge in [0.05, 0.1) is 4.92 Å². The van der Waals surface area contributed by atoms with Crippen molar-refractivity contribution < 1.29 is 19.2 Å². The van der Waals surface area contributed by atoms with E-state index in [1.54, 1.807) is 13.8 Å². The number of ketones is 1. The summed E-state index contributed by atoms with van der Waals surface area (Å²) in [4.78, 5) is 35.4. The molecule has 0 aliphatic carbocycles. The molecule has 0 heterocycles. The highest BCUT2D eigenvalue weighted by atomic mass is 32.2. The number of aryl methyl sites for hydroxylation is 1. The summed E-state index contributed by atoms with van der Waals surface area (Å²) >= 11 is 1.33. The Morgan fingerprint density at radius 3 is 2.52 bits per heavy atom. The van der Waals surface area contributed by atoms with Crippen LogP contribution in [-0.4, -0.2) is 28.5 Å². The van der Waals surface area contributed by atoms with Crippen molar-refractivity contribution in [1.82, 2.24) is 0 Å². The molecular formula is C18H17NO5S. The first-order chi connectivity index (χ1) is 11.9. The highest BCUT2D eigenvalue weighted by Gasteiger charge is 2.19. The first-order valence-electron chi connectivity index (χ1n) is 7.55. The number of rotatable bonds is 7. The number of carbonyl (C=O) groups is 2. The van der Waals surface area contributed by atoms with Gasteiger partial charge in [0.1, 0.15) is 5.25 Å². The van der Waals surface area contributed by atoms with Crippen molar-refractivity contribution >= 4 is 29.2 Å². The summed E-state index contributed by atoms with van der Waals surface area (Å²) in [7, 11) is 0. The van der Waals surface area contributed by atoms with Crippen LogP contribution in [0.25, 0.3) is 0 Å². The van der Waals surface area contributed by atoms with E-state index in [0.29, 0.717) is 5.56 Å². The third kappa shape index (κ3) is 5.15. The second-order valence-electron chi connectivity index (χ2n) is 5.36. The molecule has 0 unspecified atom stereocenters. The number of Topliss-reactive ketones (excluding diaryl/α,β-unsaturated/α-hetero) is 1. The van der Waals surface area contributed by atoms with E-state index in [-0.39, 0.29) is 11.3 Å². The average Bonchev–Trinajstić information content (AvgIpc) is 2.60. The Balaban J connectivity index is 1.94. The predicted octanol–water partition coefficient (Wildman–Crippen LogP) is 3.81. The third-order valence-electron chi connectivity index (χ3n) is 3.46. The Kier molecular flexibility index (Phi) is 6.30. The Hall–Kier alpha value is -2.67. The van der Waals surface area contributed by atoms with Gasteiger partial charge in [0.2, 0.25) is 5.78 Å². The summed E-state index contributed by atoms with van der Waals surface area (Å²) < 4.78 is 5.04. The van der Waals surface area contributed by atoms with Gasteiger partial charge in [-0.15, -0.1) is 11.8 Å². The van der Waals surface area contributed by atoms with Crippen molar-refractivity contribution in [1.29, 1.82) is 0 Å². The molecule has 6 nitrogen and oxygen atoms in total. The topological polar surface area (TPSA) is 86.5 Å². The van der Waals surface area contributed by atoms with Crippen LogP contribution in [0.5, 0.6) is 0 Å². The van der Waals surface area contributed by atoms with Crippen LogP contribution in [0, 0.1) is 17.0 Å². The van der Waals surface area contributed by atoms with Gasteiger partial charge in [0.15, 0.2) is 6.61 Å². The number of thioether (sulfide) groups is 1. The van der Waals surface area contributed by atoms with Crippen LogP contribution in [-0.2, 0) is 9.53 Å². The van der Waals surface area contributed by atoms with Gasteiger partial charge >= 0.3 is 5.97 Å². The van der Waals surface area contributed by atoms with E-state index in [2.05, 4.69) is 0 Å². The van der Waals surface area contributed by atoms with E-state index in [0.717, 1.165) is 4.90 Å². The number of esters is 1. The molecule has 0 N–H and O–H groups in total. The number of nitro groups is 1. The molecule has 130 valence electrons. The van der Waals surface area contributed by atoms with Crippen molar-refractivity contribution in [3.63, 3.8) is 0 Å². The fourth-order valence-corrected chi connectivity index (χ4v) is 2.95. The maximum Gasteiger partial charge on any atom is 0.319 e. The molecule has 0 spiro atoms. The Morgan fingerprint density at radius 2 is 1.88 bits per heavy atom. The second-order valence-corrected chi connectivity index (χ2v) is 6.78. The zero-order chi connectivity index (χ0) is 18.4. The Bertz CT molecular complexity index is 791. The third-order valence-corrected chi connectivity index (χ3v) is 4.55. The second kappa shape index (κ2) is 8.43. The van der Waals surface area contributed by atoms with Gasteiger partial charge in [-0.05, 0) is 26.0 Å². The van der Waals surface area contributed by atoms with Gasteiger partial charge in [-0.1, -0.05) is 30.3 Å². The van der Waals surface area contributed by atoms with E-state index < -0.39 is 28.5 Å². The number of carbonyl (C=O) groups excluding carboxylic acids is 2. The van der Waals surface area contributed by atoms with Gasteiger partial charge in [-0.2, -0.15) is 0 Å². The molecule has 0 saturated heterocycles. The molecule has 7 heteroatoms. The summed E-state index contributed by atoms with van der Waals surface area (Å²) in [5, 5.41) is 10.5. The summed E-state index contributed by atoms with van der Waals surface area (Å²) in [5.74, 6) is -0.989. The maximum absolute atomic E-state index is 12.1. The molecule has 0 aromatic heterocycles.